The van der Waals surface area contributed by atoms with Gasteiger partial charge in [0, 0.05) is 12.1 Å². The number of benzene rings is 2. The van der Waals surface area contributed by atoms with Crippen LogP contribution in [0.2, 0.25) is 0 Å². The van der Waals surface area contributed by atoms with Gasteiger partial charge in [-0.25, -0.2) is 9.59 Å². The second kappa shape index (κ2) is 11.2. The van der Waals surface area contributed by atoms with E-state index in [9.17, 15) is 19.7 Å². The molecule has 2 rings (SSSR count). The van der Waals surface area contributed by atoms with E-state index in [1.54, 1.807) is 6.92 Å². The SMILES string of the molecule is C[C@H](OC(C)(C)C)[C@H](NC(=O)OCc1ccccc1)C(=O)OCc1ccc([N+](=O)[O-])cc1. The molecule has 0 bridgehead atoms. The summed E-state index contributed by atoms with van der Waals surface area (Å²) in [5, 5.41) is 13.3. The third-order valence-corrected chi connectivity index (χ3v) is 4.28. The number of carbonyl (C=O) groups is 2. The number of nitrogens with one attached hydrogen (secondary N) is 1. The quantitative estimate of drug-likeness (QED) is 0.351. The average Bonchev–Trinajstić information content (AvgIpc) is 2.74. The zero-order valence-corrected chi connectivity index (χ0v) is 18.6. The number of amides is 1. The van der Waals surface area contributed by atoms with E-state index < -0.39 is 34.7 Å². The van der Waals surface area contributed by atoms with Crippen molar-refractivity contribution in [1.29, 1.82) is 0 Å². The minimum Gasteiger partial charge on any atom is -0.459 e. The van der Waals surface area contributed by atoms with Crippen molar-refractivity contribution in [2.75, 3.05) is 0 Å². The molecule has 9 heteroatoms. The molecule has 0 aromatic heterocycles. The topological polar surface area (TPSA) is 117 Å². The Morgan fingerprint density at radius 3 is 2.09 bits per heavy atom. The highest BCUT2D eigenvalue weighted by Crippen LogP contribution is 2.16. The molecule has 1 amide bonds. The number of hydrogen-bond acceptors (Lipinski definition) is 7. The Morgan fingerprint density at radius 1 is 0.969 bits per heavy atom. The summed E-state index contributed by atoms with van der Waals surface area (Å²) in [5.41, 5.74) is 0.747. The lowest BCUT2D eigenvalue weighted by Crippen LogP contribution is -2.51. The highest BCUT2D eigenvalue weighted by Gasteiger charge is 2.32. The fourth-order valence-electron chi connectivity index (χ4n) is 2.84. The molecule has 0 heterocycles. The van der Waals surface area contributed by atoms with Gasteiger partial charge in [0.2, 0.25) is 0 Å². The Balaban J connectivity index is 2.01. The fraction of sp³-hybridized carbons (Fsp3) is 0.391. The maximum Gasteiger partial charge on any atom is 0.408 e. The van der Waals surface area contributed by atoms with E-state index in [0.717, 1.165) is 5.56 Å². The molecule has 2 aromatic carbocycles. The number of esters is 1. The standard InChI is InChI=1S/C23H28N2O7/c1-16(32-23(2,3)4)20(24-22(27)31-15-17-8-6-5-7-9-17)21(26)30-14-18-10-12-19(13-11-18)25(28)29/h5-13,16,20H,14-15H2,1-4H3,(H,24,27)/t16-,20-/m0/s1. The van der Waals surface area contributed by atoms with Crippen LogP contribution in [0.5, 0.6) is 0 Å². The second-order valence-corrected chi connectivity index (χ2v) is 8.15. The monoisotopic (exact) mass is 444 g/mol. The van der Waals surface area contributed by atoms with Crippen LogP contribution in [0, 0.1) is 10.1 Å². The van der Waals surface area contributed by atoms with Crippen molar-refractivity contribution in [2.24, 2.45) is 0 Å². The molecule has 0 aliphatic rings. The zero-order valence-electron chi connectivity index (χ0n) is 18.6. The highest BCUT2D eigenvalue weighted by molar-refractivity contribution is 5.82. The van der Waals surface area contributed by atoms with Crippen molar-refractivity contribution in [2.45, 2.75) is 58.7 Å². The molecule has 0 spiro atoms. The van der Waals surface area contributed by atoms with Gasteiger partial charge >= 0.3 is 12.1 Å². The van der Waals surface area contributed by atoms with Crippen LogP contribution in [0.4, 0.5) is 10.5 Å². The molecule has 0 saturated carbocycles. The maximum absolute atomic E-state index is 12.7. The largest absolute Gasteiger partial charge is 0.459 e. The third kappa shape index (κ3) is 8.35. The summed E-state index contributed by atoms with van der Waals surface area (Å²) in [6.45, 7) is 7.08. The van der Waals surface area contributed by atoms with Gasteiger partial charge in [0.1, 0.15) is 13.2 Å². The molecular weight excluding hydrogens is 416 g/mol. The van der Waals surface area contributed by atoms with Crippen molar-refractivity contribution >= 4 is 17.7 Å². The molecule has 1 N–H and O–H groups in total. The van der Waals surface area contributed by atoms with Crippen LogP contribution in [0.25, 0.3) is 0 Å². The lowest BCUT2D eigenvalue weighted by atomic mass is 10.1. The van der Waals surface area contributed by atoms with Crippen LogP contribution in [0.1, 0.15) is 38.8 Å². The number of nitrogens with zero attached hydrogens (tertiary/aromatic N) is 1. The number of hydrogen-bond donors (Lipinski definition) is 1. The molecule has 0 aliphatic heterocycles. The van der Waals surface area contributed by atoms with Crippen LogP contribution in [-0.2, 0) is 32.2 Å². The Bertz CT molecular complexity index is 908. The second-order valence-electron chi connectivity index (χ2n) is 8.15. The molecule has 0 unspecified atom stereocenters. The Hall–Kier alpha value is -3.46. The number of rotatable bonds is 9. The molecule has 32 heavy (non-hydrogen) atoms. The van der Waals surface area contributed by atoms with E-state index in [1.165, 1.54) is 24.3 Å². The smallest absolute Gasteiger partial charge is 0.408 e. The predicted molar refractivity (Wildman–Crippen MR) is 117 cm³/mol. The van der Waals surface area contributed by atoms with E-state index in [2.05, 4.69) is 5.32 Å². The van der Waals surface area contributed by atoms with Crippen LogP contribution in [0.15, 0.2) is 54.6 Å². The maximum atomic E-state index is 12.7. The minimum absolute atomic E-state index is 0.0474. The summed E-state index contributed by atoms with van der Waals surface area (Å²) in [5.74, 6) is -0.711. The van der Waals surface area contributed by atoms with E-state index in [4.69, 9.17) is 14.2 Å². The van der Waals surface area contributed by atoms with E-state index in [0.29, 0.717) is 5.56 Å². The van der Waals surface area contributed by atoms with Gasteiger partial charge in [0.25, 0.3) is 5.69 Å². The van der Waals surface area contributed by atoms with E-state index in [-0.39, 0.29) is 18.9 Å². The Labute approximate surface area is 186 Å². The van der Waals surface area contributed by atoms with Gasteiger partial charge in [-0.15, -0.1) is 0 Å². The van der Waals surface area contributed by atoms with Gasteiger partial charge in [0.05, 0.1) is 16.6 Å². The van der Waals surface area contributed by atoms with Crippen molar-refractivity contribution in [3.8, 4) is 0 Å². The van der Waals surface area contributed by atoms with Gasteiger partial charge < -0.3 is 19.5 Å². The number of nitro groups is 1. The molecule has 2 atom stereocenters. The van der Waals surface area contributed by atoms with Crippen LogP contribution in [0.3, 0.4) is 0 Å². The minimum atomic E-state index is -1.12. The first kappa shape index (κ1) is 24.8. The van der Waals surface area contributed by atoms with Gasteiger partial charge in [-0.1, -0.05) is 30.3 Å². The Kier molecular flexibility index (Phi) is 8.71. The molecule has 0 fully saturated rings. The van der Waals surface area contributed by atoms with Crippen molar-refractivity contribution in [3.63, 3.8) is 0 Å². The van der Waals surface area contributed by atoms with Crippen LogP contribution >= 0.6 is 0 Å². The first-order chi connectivity index (χ1) is 15.0. The van der Waals surface area contributed by atoms with Crippen LogP contribution < -0.4 is 5.32 Å². The third-order valence-electron chi connectivity index (χ3n) is 4.28. The molecule has 0 radical (unpaired) electrons. The normalized spacial score (nSPS) is 13.0. The fourth-order valence-corrected chi connectivity index (χ4v) is 2.84. The number of non-ortho nitro benzene ring substituents is 1. The summed E-state index contributed by atoms with van der Waals surface area (Å²) < 4.78 is 16.4. The molecule has 9 nitrogen and oxygen atoms in total. The van der Waals surface area contributed by atoms with Crippen molar-refractivity contribution in [1.82, 2.24) is 5.32 Å². The number of nitro benzene ring substituents is 1. The first-order valence-electron chi connectivity index (χ1n) is 10.1. The van der Waals surface area contributed by atoms with Crippen molar-refractivity contribution < 1.29 is 28.7 Å². The predicted octanol–water partition coefficient (Wildman–Crippen LogP) is 4.14. The lowest BCUT2D eigenvalue weighted by Gasteiger charge is -2.30. The van der Waals surface area contributed by atoms with Crippen molar-refractivity contribution in [3.05, 3.63) is 75.8 Å². The van der Waals surface area contributed by atoms with Gasteiger partial charge in [-0.05, 0) is 51.0 Å². The summed E-state index contributed by atoms with van der Waals surface area (Å²) >= 11 is 0. The molecule has 0 aliphatic carbocycles. The molecule has 172 valence electrons. The van der Waals surface area contributed by atoms with Gasteiger partial charge in [0.15, 0.2) is 6.04 Å². The first-order valence-corrected chi connectivity index (χ1v) is 10.1. The van der Waals surface area contributed by atoms with E-state index in [1.807, 2.05) is 51.1 Å². The lowest BCUT2D eigenvalue weighted by molar-refractivity contribution is -0.384. The Morgan fingerprint density at radius 2 is 1.53 bits per heavy atom. The summed E-state index contributed by atoms with van der Waals surface area (Å²) in [6, 6.07) is 13.7. The van der Waals surface area contributed by atoms with Crippen LogP contribution in [-0.4, -0.2) is 34.7 Å². The number of alkyl carbamates (subject to hydrolysis) is 1. The van der Waals surface area contributed by atoms with Gasteiger partial charge in [-0.3, -0.25) is 10.1 Å². The summed E-state index contributed by atoms with van der Waals surface area (Å²) in [6.07, 6.45) is -1.49. The highest BCUT2D eigenvalue weighted by atomic mass is 16.6. The van der Waals surface area contributed by atoms with Gasteiger partial charge in [-0.2, -0.15) is 0 Å². The summed E-state index contributed by atoms with van der Waals surface area (Å²) in [7, 11) is 0. The average molecular weight is 444 g/mol. The molecular formula is C23H28N2O7. The number of carbonyl (C=O) groups excluding carboxylic acids is 2. The zero-order chi connectivity index (χ0) is 23.7. The number of ether oxygens (including phenoxy) is 3. The van der Waals surface area contributed by atoms with E-state index >= 15 is 0 Å². The molecule has 2 aromatic rings. The summed E-state index contributed by atoms with van der Waals surface area (Å²) in [4.78, 5) is 35.3. The molecule has 0 saturated heterocycles.